The molecule has 1 heterocycles. The number of anilines is 1. The van der Waals surface area contributed by atoms with Crippen LogP contribution in [-0.2, 0) is 6.42 Å². The van der Waals surface area contributed by atoms with Gasteiger partial charge in [-0.1, -0.05) is 29.8 Å². The molecule has 0 aliphatic carbocycles. The minimum absolute atomic E-state index is 0.137. The molecule has 0 radical (unpaired) electrons. The van der Waals surface area contributed by atoms with Gasteiger partial charge in [-0.15, -0.1) is 0 Å². The Bertz CT molecular complexity index is 649. The summed E-state index contributed by atoms with van der Waals surface area (Å²) >= 11 is 5.72. The number of hydrogen-bond acceptors (Lipinski definition) is 5. The predicted octanol–water partition coefficient (Wildman–Crippen LogP) is 3.31. The number of hydrogen-bond donors (Lipinski definition) is 1. The van der Waals surface area contributed by atoms with Gasteiger partial charge in [0, 0.05) is 18.8 Å². The second kappa shape index (κ2) is 6.90. The molecule has 1 aromatic heterocycles. The van der Waals surface area contributed by atoms with E-state index in [-0.39, 0.29) is 16.5 Å². The van der Waals surface area contributed by atoms with Crippen molar-refractivity contribution in [2.24, 2.45) is 0 Å². The van der Waals surface area contributed by atoms with Crippen LogP contribution >= 0.6 is 11.6 Å². The lowest BCUT2D eigenvalue weighted by atomic mass is 10.1. The summed E-state index contributed by atoms with van der Waals surface area (Å²) in [4.78, 5) is 14.4. The molecule has 0 bridgehead atoms. The van der Waals surface area contributed by atoms with Crippen LogP contribution in [0.25, 0.3) is 0 Å². The molecule has 0 unspecified atom stereocenters. The van der Waals surface area contributed by atoms with Crippen molar-refractivity contribution in [3.05, 3.63) is 57.2 Å². The number of halogens is 1. The van der Waals surface area contributed by atoms with E-state index in [1.54, 1.807) is 7.11 Å². The van der Waals surface area contributed by atoms with Gasteiger partial charge in [0.05, 0.1) is 17.1 Å². The number of aromatic nitrogens is 1. The average Bonchev–Trinajstić information content (AvgIpc) is 2.49. The molecule has 110 valence electrons. The summed E-state index contributed by atoms with van der Waals surface area (Å²) in [5.41, 5.74) is 0.881. The quantitative estimate of drug-likeness (QED) is 0.654. The zero-order valence-corrected chi connectivity index (χ0v) is 12.1. The first-order chi connectivity index (χ1) is 10.1. The minimum Gasteiger partial charge on any atom is -0.496 e. The molecule has 7 heteroatoms. The molecule has 1 N–H and O–H groups in total. The number of rotatable bonds is 6. The van der Waals surface area contributed by atoms with Gasteiger partial charge in [0.25, 0.3) is 0 Å². The van der Waals surface area contributed by atoms with Crippen LogP contribution < -0.4 is 10.1 Å². The van der Waals surface area contributed by atoms with Gasteiger partial charge in [0.1, 0.15) is 5.75 Å². The Morgan fingerprint density at radius 1 is 1.43 bits per heavy atom. The van der Waals surface area contributed by atoms with Crippen molar-refractivity contribution >= 4 is 23.1 Å². The van der Waals surface area contributed by atoms with Gasteiger partial charge in [0.2, 0.25) is 5.82 Å². The summed E-state index contributed by atoms with van der Waals surface area (Å²) in [7, 11) is 1.61. The monoisotopic (exact) mass is 307 g/mol. The maximum atomic E-state index is 11.0. The van der Waals surface area contributed by atoms with Gasteiger partial charge < -0.3 is 10.1 Å². The normalized spacial score (nSPS) is 10.2. The van der Waals surface area contributed by atoms with Crippen LogP contribution in [0.4, 0.5) is 11.5 Å². The number of nitrogens with one attached hydrogen (secondary N) is 1. The second-order valence-corrected chi connectivity index (χ2v) is 4.70. The van der Waals surface area contributed by atoms with E-state index in [0.717, 1.165) is 11.3 Å². The van der Waals surface area contributed by atoms with Gasteiger partial charge in [-0.05, 0) is 18.1 Å². The SMILES string of the molecule is COc1ccccc1CCNc1ncc(Cl)cc1[N+](=O)[O-]. The summed E-state index contributed by atoms with van der Waals surface area (Å²) < 4.78 is 5.26. The smallest absolute Gasteiger partial charge is 0.312 e. The van der Waals surface area contributed by atoms with Crippen LogP contribution in [0.2, 0.25) is 5.02 Å². The largest absolute Gasteiger partial charge is 0.496 e. The number of para-hydroxylation sites is 1. The molecule has 2 rings (SSSR count). The topological polar surface area (TPSA) is 77.3 Å². The van der Waals surface area contributed by atoms with Gasteiger partial charge in [0.15, 0.2) is 0 Å². The van der Waals surface area contributed by atoms with E-state index in [1.807, 2.05) is 24.3 Å². The third-order valence-electron chi connectivity index (χ3n) is 2.91. The molecular weight excluding hydrogens is 294 g/mol. The van der Waals surface area contributed by atoms with Crippen molar-refractivity contribution in [1.29, 1.82) is 0 Å². The highest BCUT2D eigenvalue weighted by Crippen LogP contribution is 2.25. The van der Waals surface area contributed by atoms with E-state index in [0.29, 0.717) is 13.0 Å². The molecule has 0 fully saturated rings. The van der Waals surface area contributed by atoms with Crippen LogP contribution in [0, 0.1) is 10.1 Å². The lowest BCUT2D eigenvalue weighted by Gasteiger charge is -2.09. The molecule has 0 amide bonds. The Labute approximate surface area is 126 Å². The maximum absolute atomic E-state index is 11.0. The van der Waals surface area contributed by atoms with Crippen LogP contribution in [-0.4, -0.2) is 23.6 Å². The van der Waals surface area contributed by atoms with Gasteiger partial charge in [-0.25, -0.2) is 4.98 Å². The summed E-state index contributed by atoms with van der Waals surface area (Å²) in [5, 5.41) is 14.1. The Morgan fingerprint density at radius 2 is 2.19 bits per heavy atom. The standard InChI is InChI=1S/C14H14ClN3O3/c1-21-13-5-3-2-4-10(13)6-7-16-14-12(18(19)20)8-11(15)9-17-14/h2-5,8-9H,6-7H2,1H3,(H,16,17). The summed E-state index contributed by atoms with van der Waals surface area (Å²) in [5.74, 6) is 0.997. The van der Waals surface area contributed by atoms with Crippen molar-refractivity contribution in [3.63, 3.8) is 0 Å². The molecule has 0 atom stereocenters. The van der Waals surface area contributed by atoms with Crippen molar-refractivity contribution in [2.75, 3.05) is 19.0 Å². The molecule has 0 aliphatic heterocycles. The predicted molar refractivity (Wildman–Crippen MR) is 81.1 cm³/mol. The molecule has 0 saturated heterocycles. The van der Waals surface area contributed by atoms with Crippen molar-refractivity contribution < 1.29 is 9.66 Å². The van der Waals surface area contributed by atoms with Crippen LogP contribution in [0.1, 0.15) is 5.56 Å². The number of ether oxygens (including phenoxy) is 1. The fraction of sp³-hybridized carbons (Fsp3) is 0.214. The molecule has 21 heavy (non-hydrogen) atoms. The molecule has 6 nitrogen and oxygen atoms in total. The number of nitrogens with zero attached hydrogens (tertiary/aromatic N) is 2. The fourth-order valence-corrected chi connectivity index (χ4v) is 2.08. The Kier molecular flexibility index (Phi) is 4.94. The first-order valence-electron chi connectivity index (χ1n) is 6.27. The third-order valence-corrected chi connectivity index (χ3v) is 3.12. The van der Waals surface area contributed by atoms with Crippen LogP contribution in [0.3, 0.4) is 0 Å². The Morgan fingerprint density at radius 3 is 2.90 bits per heavy atom. The lowest BCUT2D eigenvalue weighted by molar-refractivity contribution is -0.384. The van der Waals surface area contributed by atoms with E-state index >= 15 is 0 Å². The van der Waals surface area contributed by atoms with E-state index < -0.39 is 4.92 Å². The van der Waals surface area contributed by atoms with E-state index in [2.05, 4.69) is 10.3 Å². The molecule has 1 aromatic carbocycles. The third kappa shape index (κ3) is 3.82. The number of benzene rings is 1. The van der Waals surface area contributed by atoms with Gasteiger partial charge in [-0.2, -0.15) is 0 Å². The Hall–Kier alpha value is -2.34. The van der Waals surface area contributed by atoms with Crippen molar-refractivity contribution in [2.45, 2.75) is 6.42 Å². The Balaban J connectivity index is 2.05. The zero-order chi connectivity index (χ0) is 15.2. The average molecular weight is 308 g/mol. The number of nitro groups is 1. The van der Waals surface area contributed by atoms with Gasteiger partial charge in [-0.3, -0.25) is 10.1 Å². The number of pyridine rings is 1. The maximum Gasteiger partial charge on any atom is 0.312 e. The highest BCUT2D eigenvalue weighted by molar-refractivity contribution is 6.30. The zero-order valence-electron chi connectivity index (χ0n) is 11.4. The van der Waals surface area contributed by atoms with E-state index in [4.69, 9.17) is 16.3 Å². The molecule has 2 aromatic rings. The molecule has 0 saturated carbocycles. The first kappa shape index (κ1) is 15.1. The van der Waals surface area contributed by atoms with Gasteiger partial charge >= 0.3 is 5.69 Å². The fourth-order valence-electron chi connectivity index (χ4n) is 1.93. The van der Waals surface area contributed by atoms with Crippen molar-refractivity contribution in [1.82, 2.24) is 4.98 Å². The number of methoxy groups -OCH3 is 1. The summed E-state index contributed by atoms with van der Waals surface area (Å²) in [6.07, 6.45) is 2.03. The van der Waals surface area contributed by atoms with Crippen LogP contribution in [0.5, 0.6) is 5.75 Å². The first-order valence-corrected chi connectivity index (χ1v) is 6.65. The van der Waals surface area contributed by atoms with Crippen LogP contribution in [0.15, 0.2) is 36.5 Å². The molecule has 0 aliphatic rings. The lowest BCUT2D eigenvalue weighted by Crippen LogP contribution is -2.09. The summed E-state index contributed by atoms with van der Waals surface area (Å²) in [6.45, 7) is 0.496. The van der Waals surface area contributed by atoms with E-state index in [9.17, 15) is 10.1 Å². The minimum atomic E-state index is -0.510. The van der Waals surface area contributed by atoms with Crippen molar-refractivity contribution in [3.8, 4) is 5.75 Å². The summed E-state index contributed by atoms with van der Waals surface area (Å²) in [6, 6.07) is 8.91. The highest BCUT2D eigenvalue weighted by Gasteiger charge is 2.15. The highest BCUT2D eigenvalue weighted by atomic mass is 35.5. The van der Waals surface area contributed by atoms with E-state index in [1.165, 1.54) is 12.3 Å². The molecule has 0 spiro atoms. The molecular formula is C14H14ClN3O3. The second-order valence-electron chi connectivity index (χ2n) is 4.27.